The topological polar surface area (TPSA) is 116 Å². The quantitative estimate of drug-likeness (QED) is 0.608. The van der Waals surface area contributed by atoms with Gasteiger partial charge in [-0.2, -0.15) is 0 Å². The lowest BCUT2D eigenvalue weighted by Crippen LogP contribution is -2.45. The second kappa shape index (κ2) is 9.34. The number of likely N-dealkylation sites (tertiary alicyclic amines) is 1. The fourth-order valence-corrected chi connectivity index (χ4v) is 5.71. The van der Waals surface area contributed by atoms with Crippen LogP contribution in [0.3, 0.4) is 0 Å². The first-order valence-corrected chi connectivity index (χ1v) is 12.2. The number of alkyl carbamates (subject to hydrolysis) is 1. The summed E-state index contributed by atoms with van der Waals surface area (Å²) in [5.41, 5.74) is 2.84. The molecule has 35 heavy (non-hydrogen) atoms. The van der Waals surface area contributed by atoms with Gasteiger partial charge in [-0.15, -0.1) is 0 Å². The molecule has 2 aliphatic carbocycles. The highest BCUT2D eigenvalue weighted by Gasteiger charge is 2.46. The number of carbonyl (C=O) groups excluding carboxylic acids is 2. The number of aliphatic hydroxyl groups is 1. The molecule has 1 atom stereocenters. The molecule has 5 rings (SSSR count). The summed E-state index contributed by atoms with van der Waals surface area (Å²) in [6.07, 6.45) is 2.11. The molecule has 3 N–H and O–H groups in total. The number of rotatable bonds is 5. The highest BCUT2D eigenvalue weighted by molar-refractivity contribution is 5.83. The fraction of sp³-hybridized carbons (Fsp3) is 0.444. The SMILES string of the molecule is O=C(NC1CCC(C(=O)N2CCC(O)(C(=O)O)C2)CC1)OCC1c2ccccc2-c2ccccc21. The third-order valence-electron chi connectivity index (χ3n) is 7.70. The Morgan fingerprint density at radius 2 is 1.57 bits per heavy atom. The molecule has 3 aliphatic rings. The Hall–Kier alpha value is -3.39. The average Bonchev–Trinajstić information content (AvgIpc) is 3.42. The van der Waals surface area contributed by atoms with Gasteiger partial charge in [0.25, 0.3) is 0 Å². The molecular formula is C27H30N2O6. The van der Waals surface area contributed by atoms with Gasteiger partial charge in [-0.25, -0.2) is 9.59 Å². The van der Waals surface area contributed by atoms with Gasteiger partial charge in [0, 0.05) is 30.8 Å². The summed E-state index contributed by atoms with van der Waals surface area (Å²) in [6.45, 7) is 0.341. The molecule has 0 bridgehead atoms. The molecule has 2 aromatic carbocycles. The molecule has 2 aromatic rings. The molecule has 2 fully saturated rings. The molecule has 184 valence electrons. The molecule has 1 saturated heterocycles. The largest absolute Gasteiger partial charge is 0.479 e. The van der Waals surface area contributed by atoms with E-state index in [1.807, 2.05) is 24.3 Å². The number of aliphatic carboxylic acids is 1. The van der Waals surface area contributed by atoms with Crippen LogP contribution in [-0.2, 0) is 14.3 Å². The normalized spacial score (nSPS) is 25.6. The van der Waals surface area contributed by atoms with Crippen molar-refractivity contribution in [1.29, 1.82) is 0 Å². The van der Waals surface area contributed by atoms with E-state index < -0.39 is 17.7 Å². The number of carboxylic acids is 1. The third kappa shape index (κ3) is 4.50. The van der Waals surface area contributed by atoms with Crippen LogP contribution in [0, 0.1) is 5.92 Å². The molecule has 8 nitrogen and oxygen atoms in total. The molecule has 0 spiro atoms. The summed E-state index contributed by atoms with van der Waals surface area (Å²) in [7, 11) is 0. The molecule has 0 radical (unpaired) electrons. The van der Waals surface area contributed by atoms with E-state index in [0.29, 0.717) is 25.7 Å². The lowest BCUT2D eigenvalue weighted by Gasteiger charge is -2.31. The minimum absolute atomic E-state index is 0.00594. The lowest BCUT2D eigenvalue weighted by molar-refractivity contribution is -0.157. The fourth-order valence-electron chi connectivity index (χ4n) is 5.71. The van der Waals surface area contributed by atoms with Crippen molar-refractivity contribution >= 4 is 18.0 Å². The van der Waals surface area contributed by atoms with Gasteiger partial charge < -0.3 is 25.2 Å². The molecule has 1 unspecified atom stereocenters. The number of carboxylic acid groups (broad SMARTS) is 1. The van der Waals surface area contributed by atoms with Gasteiger partial charge >= 0.3 is 12.1 Å². The Bertz CT molecular complexity index is 1100. The monoisotopic (exact) mass is 478 g/mol. The number of benzene rings is 2. The Morgan fingerprint density at radius 1 is 0.971 bits per heavy atom. The number of nitrogens with one attached hydrogen (secondary N) is 1. The summed E-state index contributed by atoms with van der Waals surface area (Å²) < 4.78 is 5.63. The van der Waals surface area contributed by atoms with Crippen molar-refractivity contribution < 1.29 is 29.3 Å². The van der Waals surface area contributed by atoms with Crippen molar-refractivity contribution in [3.05, 3.63) is 59.7 Å². The van der Waals surface area contributed by atoms with E-state index in [1.54, 1.807) is 0 Å². The average molecular weight is 479 g/mol. The first-order valence-electron chi connectivity index (χ1n) is 12.2. The Balaban J connectivity index is 1.11. The number of carbonyl (C=O) groups is 3. The van der Waals surface area contributed by atoms with E-state index >= 15 is 0 Å². The zero-order valence-electron chi connectivity index (χ0n) is 19.5. The van der Waals surface area contributed by atoms with Gasteiger partial charge in [-0.1, -0.05) is 48.5 Å². The molecule has 2 amide bonds. The van der Waals surface area contributed by atoms with Crippen LogP contribution in [0.15, 0.2) is 48.5 Å². The summed E-state index contributed by atoms with van der Waals surface area (Å²) in [5, 5.41) is 22.2. The minimum atomic E-state index is -1.85. The Kier molecular flexibility index (Phi) is 6.23. The number of amides is 2. The van der Waals surface area contributed by atoms with Crippen LogP contribution in [0.25, 0.3) is 11.1 Å². The third-order valence-corrected chi connectivity index (χ3v) is 7.70. The molecule has 8 heteroatoms. The zero-order valence-corrected chi connectivity index (χ0v) is 19.5. The maximum Gasteiger partial charge on any atom is 0.407 e. The molecule has 1 saturated carbocycles. The maximum absolute atomic E-state index is 12.8. The molecule has 0 aromatic heterocycles. The van der Waals surface area contributed by atoms with Gasteiger partial charge in [-0.3, -0.25) is 4.79 Å². The van der Waals surface area contributed by atoms with E-state index in [4.69, 9.17) is 4.74 Å². The van der Waals surface area contributed by atoms with Crippen LogP contribution in [0.5, 0.6) is 0 Å². The highest BCUT2D eigenvalue weighted by atomic mass is 16.5. The predicted molar refractivity (Wildman–Crippen MR) is 128 cm³/mol. The first kappa shape index (κ1) is 23.4. The van der Waals surface area contributed by atoms with E-state index in [-0.39, 0.29) is 49.9 Å². The highest BCUT2D eigenvalue weighted by Crippen LogP contribution is 2.44. The standard InChI is InChI=1S/C27H30N2O6/c30-24(29-14-13-27(34,16-29)25(31)32)17-9-11-18(12-10-17)28-26(33)35-15-23-21-7-3-1-5-19(21)20-6-2-4-8-22(20)23/h1-8,17-18,23,34H,9-16H2,(H,28,33)(H,31,32). The van der Waals surface area contributed by atoms with Crippen LogP contribution in [0.1, 0.15) is 49.1 Å². The molecule has 1 aliphatic heterocycles. The minimum Gasteiger partial charge on any atom is -0.479 e. The number of nitrogens with zero attached hydrogens (tertiary/aromatic N) is 1. The van der Waals surface area contributed by atoms with Gasteiger partial charge in [-0.05, 0) is 47.9 Å². The Morgan fingerprint density at radius 3 is 2.14 bits per heavy atom. The Labute approximate surface area is 203 Å². The second-order valence-corrected chi connectivity index (χ2v) is 9.86. The summed E-state index contributed by atoms with van der Waals surface area (Å²) in [4.78, 5) is 38.0. The molecular weight excluding hydrogens is 448 g/mol. The van der Waals surface area contributed by atoms with Crippen LogP contribution < -0.4 is 5.32 Å². The molecule has 1 heterocycles. The van der Waals surface area contributed by atoms with E-state index in [9.17, 15) is 24.6 Å². The maximum atomic E-state index is 12.8. The smallest absolute Gasteiger partial charge is 0.407 e. The summed E-state index contributed by atoms with van der Waals surface area (Å²) in [5.74, 6) is -1.61. The van der Waals surface area contributed by atoms with E-state index in [1.165, 1.54) is 16.0 Å². The van der Waals surface area contributed by atoms with Crippen molar-refractivity contribution in [3.8, 4) is 11.1 Å². The number of hydrogen-bond acceptors (Lipinski definition) is 5. The first-order chi connectivity index (χ1) is 16.9. The predicted octanol–water partition coefficient (Wildman–Crippen LogP) is 3.13. The van der Waals surface area contributed by atoms with Gasteiger partial charge in [0.2, 0.25) is 5.91 Å². The summed E-state index contributed by atoms with van der Waals surface area (Å²) in [6, 6.07) is 16.3. The van der Waals surface area contributed by atoms with Crippen molar-refractivity contribution in [2.75, 3.05) is 19.7 Å². The zero-order chi connectivity index (χ0) is 24.6. The van der Waals surface area contributed by atoms with E-state index in [2.05, 4.69) is 29.6 Å². The van der Waals surface area contributed by atoms with E-state index in [0.717, 1.165) is 11.1 Å². The van der Waals surface area contributed by atoms with Crippen molar-refractivity contribution in [3.63, 3.8) is 0 Å². The van der Waals surface area contributed by atoms with Crippen molar-refractivity contribution in [1.82, 2.24) is 10.2 Å². The van der Waals surface area contributed by atoms with Gasteiger partial charge in [0.15, 0.2) is 5.60 Å². The number of β-amino-alcohol motifs (C(OH)–C–C–N with tert-alkyl or cyclic N) is 1. The van der Waals surface area contributed by atoms with Crippen LogP contribution in [-0.4, -0.2) is 64.4 Å². The van der Waals surface area contributed by atoms with Gasteiger partial charge in [0.1, 0.15) is 6.61 Å². The van der Waals surface area contributed by atoms with Crippen molar-refractivity contribution in [2.24, 2.45) is 5.92 Å². The number of ether oxygens (including phenoxy) is 1. The summed E-state index contributed by atoms with van der Waals surface area (Å²) >= 11 is 0. The van der Waals surface area contributed by atoms with Gasteiger partial charge in [0.05, 0.1) is 6.54 Å². The van der Waals surface area contributed by atoms with Crippen LogP contribution in [0.2, 0.25) is 0 Å². The van der Waals surface area contributed by atoms with Crippen LogP contribution in [0.4, 0.5) is 4.79 Å². The second-order valence-electron chi connectivity index (χ2n) is 9.86. The lowest BCUT2D eigenvalue weighted by atomic mass is 9.85. The van der Waals surface area contributed by atoms with Crippen LogP contribution >= 0.6 is 0 Å². The number of hydrogen-bond donors (Lipinski definition) is 3. The van der Waals surface area contributed by atoms with Crippen molar-refractivity contribution in [2.45, 2.75) is 49.7 Å². The number of fused-ring (bicyclic) bond motifs is 3.